The topological polar surface area (TPSA) is 117 Å². The van der Waals surface area contributed by atoms with Crippen LogP contribution in [-0.4, -0.2) is 13.3 Å². The molecule has 0 N–H and O–H groups in total. The van der Waals surface area contributed by atoms with Gasteiger partial charge in [0.2, 0.25) is 0 Å². The van der Waals surface area contributed by atoms with Crippen molar-refractivity contribution in [1.29, 1.82) is 0 Å². The fraction of sp³-hybridized carbons (Fsp3) is 0.211. The molecule has 1 aromatic heterocycles. The van der Waals surface area contributed by atoms with Crippen molar-refractivity contribution in [2.24, 2.45) is 0 Å². The predicted molar refractivity (Wildman–Crippen MR) is 102 cm³/mol. The summed E-state index contributed by atoms with van der Waals surface area (Å²) in [6, 6.07) is 9.53. The van der Waals surface area contributed by atoms with Gasteiger partial charge < -0.3 is 8.60 Å². The second kappa shape index (κ2) is 7.43. The van der Waals surface area contributed by atoms with Crippen molar-refractivity contribution in [3.8, 4) is 5.75 Å². The largest absolute Gasteiger partial charge is 0.423 e. The second-order valence-corrected chi connectivity index (χ2v) is 7.71. The number of nitro benzene ring substituents is 1. The number of nitrogens with zero attached hydrogens (tertiary/aromatic N) is 1. The Labute approximate surface area is 160 Å². The van der Waals surface area contributed by atoms with E-state index in [2.05, 4.69) is 0 Å². The SMILES string of the molecule is CCCc1cc(=O)oc2cc(OS(=O)(=O)c3cccc([N+](=O)[O-])c3C)ccc12. The third-order valence-electron chi connectivity index (χ3n) is 4.25. The van der Waals surface area contributed by atoms with Crippen LogP contribution in [0, 0.1) is 17.0 Å². The van der Waals surface area contributed by atoms with Crippen LogP contribution in [0.25, 0.3) is 11.0 Å². The lowest BCUT2D eigenvalue weighted by molar-refractivity contribution is -0.385. The Balaban J connectivity index is 2.04. The summed E-state index contributed by atoms with van der Waals surface area (Å²) in [4.78, 5) is 21.8. The van der Waals surface area contributed by atoms with Crippen molar-refractivity contribution >= 4 is 26.8 Å². The van der Waals surface area contributed by atoms with Crippen LogP contribution in [0.15, 0.2) is 56.6 Å². The minimum Gasteiger partial charge on any atom is -0.423 e. The maximum absolute atomic E-state index is 12.6. The van der Waals surface area contributed by atoms with Crippen LogP contribution in [0.1, 0.15) is 24.5 Å². The Bertz CT molecular complexity index is 1230. The Morgan fingerprint density at radius 1 is 1.18 bits per heavy atom. The molecule has 3 rings (SSSR count). The average molecular weight is 403 g/mol. The molecule has 0 spiro atoms. The molecule has 8 nitrogen and oxygen atoms in total. The molecule has 0 aliphatic rings. The van der Waals surface area contributed by atoms with E-state index in [9.17, 15) is 23.3 Å². The monoisotopic (exact) mass is 403 g/mol. The molecule has 0 amide bonds. The number of nitro groups is 1. The van der Waals surface area contributed by atoms with Crippen LogP contribution < -0.4 is 9.81 Å². The summed E-state index contributed by atoms with van der Waals surface area (Å²) in [5.74, 6) is -0.0600. The van der Waals surface area contributed by atoms with E-state index in [1.54, 1.807) is 6.07 Å². The molecule has 0 bridgehead atoms. The third kappa shape index (κ3) is 3.74. The number of rotatable bonds is 6. The molecule has 146 valence electrons. The first-order valence-electron chi connectivity index (χ1n) is 8.48. The fourth-order valence-corrected chi connectivity index (χ4v) is 4.15. The van der Waals surface area contributed by atoms with E-state index in [1.807, 2.05) is 6.92 Å². The molecule has 0 radical (unpaired) electrons. The maximum Gasteiger partial charge on any atom is 0.339 e. The number of aryl methyl sites for hydroxylation is 1. The van der Waals surface area contributed by atoms with Crippen molar-refractivity contribution in [1.82, 2.24) is 0 Å². The van der Waals surface area contributed by atoms with Gasteiger partial charge in [-0.05, 0) is 37.1 Å². The normalized spacial score (nSPS) is 11.5. The van der Waals surface area contributed by atoms with Crippen LogP contribution >= 0.6 is 0 Å². The van der Waals surface area contributed by atoms with Gasteiger partial charge in [0.25, 0.3) is 5.69 Å². The predicted octanol–water partition coefficient (Wildman–Crippen LogP) is 3.73. The summed E-state index contributed by atoms with van der Waals surface area (Å²) in [6.45, 7) is 3.32. The molecule has 0 unspecified atom stereocenters. The summed E-state index contributed by atoms with van der Waals surface area (Å²) < 4.78 is 35.6. The van der Waals surface area contributed by atoms with Gasteiger partial charge in [0.05, 0.1) is 4.92 Å². The van der Waals surface area contributed by atoms with E-state index >= 15 is 0 Å². The molecule has 0 fully saturated rings. The Morgan fingerprint density at radius 3 is 2.61 bits per heavy atom. The van der Waals surface area contributed by atoms with Crippen LogP contribution in [-0.2, 0) is 16.5 Å². The smallest absolute Gasteiger partial charge is 0.339 e. The lowest BCUT2D eigenvalue weighted by Gasteiger charge is -2.10. The molecule has 2 aromatic carbocycles. The van der Waals surface area contributed by atoms with Gasteiger partial charge in [0.1, 0.15) is 16.2 Å². The minimum atomic E-state index is -4.32. The molecule has 28 heavy (non-hydrogen) atoms. The van der Waals surface area contributed by atoms with Gasteiger partial charge in [-0.25, -0.2) is 4.79 Å². The third-order valence-corrected chi connectivity index (χ3v) is 5.64. The van der Waals surface area contributed by atoms with Gasteiger partial charge in [0, 0.05) is 29.1 Å². The molecule has 0 saturated carbocycles. The number of benzene rings is 2. The highest BCUT2D eigenvalue weighted by atomic mass is 32.2. The first-order chi connectivity index (χ1) is 13.2. The van der Waals surface area contributed by atoms with E-state index in [0.717, 1.165) is 12.0 Å². The lowest BCUT2D eigenvalue weighted by Crippen LogP contribution is -2.12. The summed E-state index contributed by atoms with van der Waals surface area (Å²) in [7, 11) is -4.32. The van der Waals surface area contributed by atoms with E-state index in [1.165, 1.54) is 43.3 Å². The van der Waals surface area contributed by atoms with E-state index < -0.39 is 20.7 Å². The van der Waals surface area contributed by atoms with Gasteiger partial charge in [-0.3, -0.25) is 10.1 Å². The highest BCUT2D eigenvalue weighted by Crippen LogP contribution is 2.29. The number of fused-ring (bicyclic) bond motifs is 1. The molecule has 9 heteroatoms. The van der Waals surface area contributed by atoms with Crippen LogP contribution in [0.4, 0.5) is 5.69 Å². The molecular formula is C19H17NO7S. The zero-order chi connectivity index (χ0) is 20.5. The van der Waals surface area contributed by atoms with Crippen molar-refractivity contribution < 1.29 is 21.9 Å². The molecule has 0 aliphatic heterocycles. The Kier molecular flexibility index (Phi) is 5.19. The van der Waals surface area contributed by atoms with Crippen molar-refractivity contribution in [2.45, 2.75) is 31.6 Å². The molecule has 0 aliphatic carbocycles. The summed E-state index contributed by atoms with van der Waals surface area (Å²) in [5.41, 5.74) is 0.131. The van der Waals surface area contributed by atoms with Gasteiger partial charge in [-0.15, -0.1) is 0 Å². The van der Waals surface area contributed by atoms with E-state index in [-0.39, 0.29) is 27.5 Å². The Hall–Kier alpha value is -3.20. The van der Waals surface area contributed by atoms with Gasteiger partial charge >= 0.3 is 15.7 Å². The average Bonchev–Trinajstić information content (AvgIpc) is 2.61. The Morgan fingerprint density at radius 2 is 1.93 bits per heavy atom. The molecule has 3 aromatic rings. The van der Waals surface area contributed by atoms with Gasteiger partial charge in [-0.2, -0.15) is 8.42 Å². The zero-order valence-corrected chi connectivity index (χ0v) is 16.0. The highest BCUT2D eigenvalue weighted by molar-refractivity contribution is 7.87. The van der Waals surface area contributed by atoms with Crippen molar-refractivity contribution in [2.75, 3.05) is 0 Å². The number of hydrogen-bond donors (Lipinski definition) is 0. The van der Waals surface area contributed by atoms with E-state index in [0.29, 0.717) is 11.8 Å². The summed E-state index contributed by atoms with van der Waals surface area (Å²) in [6.07, 6.45) is 1.50. The van der Waals surface area contributed by atoms with Crippen molar-refractivity contribution in [3.05, 3.63) is 74.1 Å². The van der Waals surface area contributed by atoms with Gasteiger partial charge in [0.15, 0.2) is 0 Å². The fourth-order valence-electron chi connectivity index (χ4n) is 2.98. The van der Waals surface area contributed by atoms with E-state index in [4.69, 9.17) is 8.60 Å². The summed E-state index contributed by atoms with van der Waals surface area (Å²) >= 11 is 0. The molecule has 0 saturated heterocycles. The maximum atomic E-state index is 12.6. The molecular weight excluding hydrogens is 386 g/mol. The van der Waals surface area contributed by atoms with Crippen LogP contribution in [0.3, 0.4) is 0 Å². The lowest BCUT2D eigenvalue weighted by atomic mass is 10.1. The quantitative estimate of drug-likeness (QED) is 0.266. The standard InChI is InChI=1S/C19H17NO7S/c1-3-5-13-10-19(21)26-17-11-14(8-9-15(13)17)27-28(24,25)18-7-4-6-16(12(18)2)20(22)23/h4,6-11H,3,5H2,1-2H3. The zero-order valence-electron chi connectivity index (χ0n) is 15.2. The first-order valence-corrected chi connectivity index (χ1v) is 9.89. The highest BCUT2D eigenvalue weighted by Gasteiger charge is 2.25. The van der Waals surface area contributed by atoms with Crippen LogP contribution in [0.5, 0.6) is 5.75 Å². The molecule has 0 atom stereocenters. The first kappa shape index (κ1) is 19.6. The summed E-state index contributed by atoms with van der Waals surface area (Å²) in [5, 5.41) is 11.7. The van der Waals surface area contributed by atoms with Gasteiger partial charge in [-0.1, -0.05) is 19.4 Å². The second-order valence-electron chi connectivity index (χ2n) is 6.19. The minimum absolute atomic E-state index is 0.0231. The van der Waals surface area contributed by atoms with Crippen LogP contribution in [0.2, 0.25) is 0 Å². The van der Waals surface area contributed by atoms with Crippen molar-refractivity contribution in [3.63, 3.8) is 0 Å². The molecule has 1 heterocycles. The number of hydrogen-bond acceptors (Lipinski definition) is 7.